The number of halogens is 1. The molecule has 0 aliphatic carbocycles. The van der Waals surface area contributed by atoms with Crippen LogP contribution in [0.5, 0.6) is 0 Å². The van der Waals surface area contributed by atoms with E-state index in [9.17, 15) is 4.39 Å². The molecule has 1 atom stereocenters. The fraction of sp³-hybridized carbons (Fsp3) is 0.417. The monoisotopic (exact) mass is 222 g/mol. The normalized spacial score (nSPS) is 15.2. The Balaban J connectivity index is 2.54. The van der Waals surface area contributed by atoms with E-state index in [1.807, 2.05) is 13.8 Å². The molecule has 0 spiro atoms. The van der Waals surface area contributed by atoms with E-state index in [2.05, 4.69) is 4.98 Å². The Hall–Kier alpha value is -1.42. The first-order chi connectivity index (χ1) is 7.59. The Bertz CT molecular complexity index is 503. The molecule has 0 bridgehead atoms. The van der Waals surface area contributed by atoms with Crippen LogP contribution in [0.25, 0.3) is 11.1 Å². The summed E-state index contributed by atoms with van der Waals surface area (Å²) in [6.45, 7) is 4.48. The number of rotatable bonds is 3. The molecule has 0 amide bonds. The zero-order chi connectivity index (χ0) is 11.8. The van der Waals surface area contributed by atoms with E-state index >= 15 is 0 Å². The molecule has 0 saturated carbocycles. The zero-order valence-electron chi connectivity index (χ0n) is 9.46. The van der Waals surface area contributed by atoms with Crippen molar-refractivity contribution in [1.29, 1.82) is 0 Å². The lowest BCUT2D eigenvalue weighted by atomic mass is 9.88. The van der Waals surface area contributed by atoms with Crippen molar-refractivity contribution in [2.75, 3.05) is 6.54 Å². The average molecular weight is 222 g/mol. The number of hydrogen-bond donors (Lipinski definition) is 1. The quantitative estimate of drug-likeness (QED) is 0.868. The summed E-state index contributed by atoms with van der Waals surface area (Å²) in [5.74, 6) is 0.274. The minimum Gasteiger partial charge on any atom is -0.440 e. The molecule has 1 aromatic heterocycles. The molecule has 0 saturated heterocycles. The van der Waals surface area contributed by atoms with Crippen molar-refractivity contribution in [2.45, 2.75) is 25.7 Å². The van der Waals surface area contributed by atoms with Crippen LogP contribution >= 0.6 is 0 Å². The summed E-state index contributed by atoms with van der Waals surface area (Å²) in [5, 5.41) is 0. The standard InChI is InChI=1S/C12H15FN2O/c1-3-12(2,7-14)11-15-9-6-8(13)4-5-10(9)16-11/h4-6H,3,7,14H2,1-2H3. The lowest BCUT2D eigenvalue weighted by Crippen LogP contribution is -2.31. The van der Waals surface area contributed by atoms with Crippen LogP contribution in [0.3, 0.4) is 0 Å². The maximum Gasteiger partial charge on any atom is 0.202 e. The molecule has 2 aromatic rings. The van der Waals surface area contributed by atoms with Crippen LogP contribution in [0.2, 0.25) is 0 Å². The summed E-state index contributed by atoms with van der Waals surface area (Å²) >= 11 is 0. The van der Waals surface area contributed by atoms with Crippen LogP contribution in [0.4, 0.5) is 4.39 Å². The van der Waals surface area contributed by atoms with Gasteiger partial charge in [-0.3, -0.25) is 0 Å². The highest BCUT2D eigenvalue weighted by Gasteiger charge is 2.28. The van der Waals surface area contributed by atoms with Crippen molar-refractivity contribution in [3.05, 3.63) is 29.9 Å². The first-order valence-electron chi connectivity index (χ1n) is 5.35. The predicted octanol–water partition coefficient (Wildman–Crippen LogP) is 2.59. The molecule has 1 aromatic carbocycles. The van der Waals surface area contributed by atoms with Gasteiger partial charge < -0.3 is 10.2 Å². The molecular formula is C12H15FN2O. The second-order valence-corrected chi connectivity index (χ2v) is 4.25. The molecule has 0 aliphatic rings. The molecule has 0 radical (unpaired) electrons. The van der Waals surface area contributed by atoms with Crippen molar-refractivity contribution in [3.63, 3.8) is 0 Å². The van der Waals surface area contributed by atoms with E-state index in [-0.39, 0.29) is 11.2 Å². The summed E-state index contributed by atoms with van der Waals surface area (Å²) in [5.41, 5.74) is 6.59. The third-order valence-electron chi connectivity index (χ3n) is 3.10. The minimum atomic E-state index is -0.307. The molecule has 0 fully saturated rings. The first-order valence-corrected chi connectivity index (χ1v) is 5.35. The largest absolute Gasteiger partial charge is 0.440 e. The molecule has 4 heteroatoms. The highest BCUT2D eigenvalue weighted by Crippen LogP contribution is 2.28. The average Bonchev–Trinajstić information content (AvgIpc) is 2.71. The maximum absolute atomic E-state index is 13.0. The molecule has 2 rings (SSSR count). The van der Waals surface area contributed by atoms with Crippen LogP contribution < -0.4 is 5.73 Å². The molecule has 0 aliphatic heterocycles. The van der Waals surface area contributed by atoms with Gasteiger partial charge in [0.1, 0.15) is 11.3 Å². The molecule has 3 nitrogen and oxygen atoms in total. The Kier molecular flexibility index (Phi) is 2.68. The number of nitrogens with zero attached hydrogens (tertiary/aromatic N) is 1. The minimum absolute atomic E-state index is 0.282. The van der Waals surface area contributed by atoms with Gasteiger partial charge in [0.15, 0.2) is 5.58 Å². The third-order valence-corrected chi connectivity index (χ3v) is 3.10. The fourth-order valence-electron chi connectivity index (χ4n) is 1.54. The van der Waals surface area contributed by atoms with Crippen LogP contribution in [0, 0.1) is 5.82 Å². The van der Waals surface area contributed by atoms with E-state index in [0.29, 0.717) is 23.5 Å². The predicted molar refractivity (Wildman–Crippen MR) is 60.7 cm³/mol. The summed E-state index contributed by atoms with van der Waals surface area (Å²) in [6.07, 6.45) is 0.832. The number of hydrogen-bond acceptors (Lipinski definition) is 3. The molecule has 16 heavy (non-hydrogen) atoms. The Labute approximate surface area is 93.5 Å². The van der Waals surface area contributed by atoms with Crippen molar-refractivity contribution in [1.82, 2.24) is 4.98 Å². The van der Waals surface area contributed by atoms with Gasteiger partial charge in [0.05, 0.1) is 5.41 Å². The molecule has 1 unspecified atom stereocenters. The maximum atomic E-state index is 13.0. The number of nitrogens with two attached hydrogens (primary N) is 1. The Morgan fingerprint density at radius 3 is 2.88 bits per heavy atom. The number of oxazole rings is 1. The summed E-state index contributed by atoms with van der Waals surface area (Å²) in [6, 6.07) is 4.33. The second-order valence-electron chi connectivity index (χ2n) is 4.25. The van der Waals surface area contributed by atoms with E-state index < -0.39 is 0 Å². The van der Waals surface area contributed by atoms with Gasteiger partial charge in [-0.25, -0.2) is 9.37 Å². The van der Waals surface area contributed by atoms with Gasteiger partial charge in [-0.1, -0.05) is 6.92 Å². The van der Waals surface area contributed by atoms with Crippen LogP contribution in [0.1, 0.15) is 26.2 Å². The Morgan fingerprint density at radius 2 is 2.25 bits per heavy atom. The van der Waals surface area contributed by atoms with E-state index in [4.69, 9.17) is 10.2 Å². The SMILES string of the molecule is CCC(C)(CN)c1nc2cc(F)ccc2o1. The zero-order valence-corrected chi connectivity index (χ0v) is 9.46. The van der Waals surface area contributed by atoms with Gasteiger partial charge in [-0.15, -0.1) is 0 Å². The number of aromatic nitrogens is 1. The van der Waals surface area contributed by atoms with Gasteiger partial charge in [0.2, 0.25) is 5.89 Å². The van der Waals surface area contributed by atoms with E-state index in [0.717, 1.165) is 6.42 Å². The van der Waals surface area contributed by atoms with Gasteiger partial charge in [-0.2, -0.15) is 0 Å². The van der Waals surface area contributed by atoms with Crippen LogP contribution in [-0.4, -0.2) is 11.5 Å². The van der Waals surface area contributed by atoms with Crippen LogP contribution in [-0.2, 0) is 5.41 Å². The third kappa shape index (κ3) is 1.69. The Morgan fingerprint density at radius 1 is 1.50 bits per heavy atom. The number of fused-ring (bicyclic) bond motifs is 1. The highest BCUT2D eigenvalue weighted by atomic mass is 19.1. The van der Waals surface area contributed by atoms with Crippen molar-refractivity contribution in [2.24, 2.45) is 5.73 Å². The van der Waals surface area contributed by atoms with Gasteiger partial charge in [-0.05, 0) is 25.5 Å². The highest BCUT2D eigenvalue weighted by molar-refractivity contribution is 5.72. The summed E-state index contributed by atoms with van der Waals surface area (Å²) in [4.78, 5) is 4.30. The number of benzene rings is 1. The van der Waals surface area contributed by atoms with E-state index in [1.54, 1.807) is 6.07 Å². The first kappa shape index (κ1) is 11.1. The fourth-order valence-corrected chi connectivity index (χ4v) is 1.54. The molecule has 1 heterocycles. The lowest BCUT2D eigenvalue weighted by molar-refractivity contribution is 0.354. The topological polar surface area (TPSA) is 52.0 Å². The summed E-state index contributed by atoms with van der Waals surface area (Å²) in [7, 11) is 0. The lowest BCUT2D eigenvalue weighted by Gasteiger charge is -2.21. The second kappa shape index (κ2) is 3.87. The van der Waals surface area contributed by atoms with Gasteiger partial charge >= 0.3 is 0 Å². The van der Waals surface area contributed by atoms with Crippen molar-refractivity contribution in [3.8, 4) is 0 Å². The van der Waals surface area contributed by atoms with Gasteiger partial charge in [0.25, 0.3) is 0 Å². The smallest absolute Gasteiger partial charge is 0.202 e. The molecular weight excluding hydrogens is 207 g/mol. The molecule has 2 N–H and O–H groups in total. The van der Waals surface area contributed by atoms with Gasteiger partial charge in [0, 0.05) is 12.6 Å². The summed E-state index contributed by atoms with van der Waals surface area (Å²) < 4.78 is 18.6. The van der Waals surface area contributed by atoms with Crippen molar-refractivity contribution >= 4 is 11.1 Å². The van der Waals surface area contributed by atoms with Crippen LogP contribution in [0.15, 0.2) is 22.6 Å². The van der Waals surface area contributed by atoms with Crippen molar-refractivity contribution < 1.29 is 8.81 Å². The van der Waals surface area contributed by atoms with E-state index in [1.165, 1.54) is 12.1 Å². The molecule has 86 valence electrons.